The molecule has 2 N–H and O–H groups in total. The summed E-state index contributed by atoms with van der Waals surface area (Å²) in [6.07, 6.45) is 1.66. The van der Waals surface area contributed by atoms with Crippen LogP contribution in [-0.4, -0.2) is 45.1 Å². The molecule has 1 aliphatic heterocycles. The molecule has 0 fully saturated rings. The van der Waals surface area contributed by atoms with E-state index in [4.69, 9.17) is 14.6 Å². The Bertz CT molecular complexity index is 2130. The highest BCUT2D eigenvalue weighted by Crippen LogP contribution is 2.41. The van der Waals surface area contributed by atoms with Crippen LogP contribution in [-0.2, 0) is 44.4 Å². The second-order valence-electron chi connectivity index (χ2n) is 12.4. The van der Waals surface area contributed by atoms with Crippen molar-refractivity contribution in [2.45, 2.75) is 59.8 Å². The minimum Gasteiger partial charge on any atom is -0.493 e. The fourth-order valence-electron chi connectivity index (χ4n) is 7.08. The van der Waals surface area contributed by atoms with Crippen molar-refractivity contribution in [2.75, 3.05) is 19.7 Å². The molecule has 4 aromatic carbocycles. The third-order valence-electron chi connectivity index (χ3n) is 9.33. The molecule has 50 heavy (non-hydrogen) atoms. The van der Waals surface area contributed by atoms with Gasteiger partial charge < -0.3 is 24.5 Å². The molecule has 0 aliphatic carbocycles. The van der Waals surface area contributed by atoms with Crippen molar-refractivity contribution in [1.29, 1.82) is 0 Å². The minimum atomic E-state index is -1.05. The summed E-state index contributed by atoms with van der Waals surface area (Å²) in [4.78, 5) is 13.1. The Morgan fingerprint density at radius 1 is 0.920 bits per heavy atom. The van der Waals surface area contributed by atoms with Crippen LogP contribution < -0.4 is 10.1 Å². The van der Waals surface area contributed by atoms with Crippen LogP contribution in [0.1, 0.15) is 65.8 Å². The average molecular weight is 677 g/mol. The molecule has 0 amide bonds. The highest BCUT2D eigenvalue weighted by Gasteiger charge is 2.30. The van der Waals surface area contributed by atoms with E-state index < -0.39 is 11.8 Å². The molecule has 0 saturated heterocycles. The molecule has 0 atom stereocenters. The topological polar surface area (TPSA) is 90.5 Å². The summed E-state index contributed by atoms with van der Waals surface area (Å²) in [5.74, 6) is -0.670. The molecule has 7 rings (SSSR count). The highest BCUT2D eigenvalue weighted by molar-refractivity contribution is 6.04. The largest absolute Gasteiger partial charge is 0.493 e. The van der Waals surface area contributed by atoms with Gasteiger partial charge in [-0.2, -0.15) is 5.10 Å². The Morgan fingerprint density at radius 3 is 2.40 bits per heavy atom. The van der Waals surface area contributed by atoms with Crippen molar-refractivity contribution in [3.05, 3.63) is 118 Å². The molecule has 2 aromatic heterocycles. The monoisotopic (exact) mass is 676 g/mol. The summed E-state index contributed by atoms with van der Waals surface area (Å²) >= 11 is 0. The molecule has 0 spiro atoms. The number of aromatic carboxylic acids is 1. The maximum absolute atomic E-state index is 16.2. The number of nitrogens with one attached hydrogen (secondary N) is 1. The molecule has 0 radical (unpaired) electrons. The van der Waals surface area contributed by atoms with Crippen molar-refractivity contribution >= 4 is 27.6 Å². The summed E-state index contributed by atoms with van der Waals surface area (Å²) in [5.41, 5.74) is 5.84. The lowest BCUT2D eigenvalue weighted by molar-refractivity contribution is 0.0684. The molecule has 0 unspecified atom stereocenters. The number of hydrogen-bond acceptors (Lipinski definition) is 5. The zero-order chi connectivity index (χ0) is 35.2. The number of aromatic nitrogens is 3. The third-order valence-corrected chi connectivity index (χ3v) is 9.33. The Hall–Kier alpha value is -4.99. The first-order valence-corrected chi connectivity index (χ1v) is 17.5. The molecule has 6 aromatic rings. The zero-order valence-electron chi connectivity index (χ0n) is 29.3. The van der Waals surface area contributed by atoms with Crippen LogP contribution >= 0.6 is 0 Å². The molecule has 9 heteroatoms. The van der Waals surface area contributed by atoms with Gasteiger partial charge in [-0.15, -0.1) is 0 Å². The van der Waals surface area contributed by atoms with Gasteiger partial charge >= 0.3 is 5.97 Å². The second kappa shape index (κ2) is 15.7. The molecule has 8 nitrogen and oxygen atoms in total. The Kier molecular flexibility index (Phi) is 10.9. The van der Waals surface area contributed by atoms with Crippen LogP contribution in [0.25, 0.3) is 32.8 Å². The van der Waals surface area contributed by atoms with E-state index in [-0.39, 0.29) is 18.8 Å². The van der Waals surface area contributed by atoms with Gasteiger partial charge in [-0.05, 0) is 72.6 Å². The van der Waals surface area contributed by atoms with E-state index in [9.17, 15) is 9.90 Å². The Labute approximate surface area is 292 Å². The van der Waals surface area contributed by atoms with Gasteiger partial charge in [0.1, 0.15) is 17.3 Å². The number of carboxylic acids is 1. The zero-order valence-corrected chi connectivity index (χ0v) is 29.3. The van der Waals surface area contributed by atoms with Crippen LogP contribution in [0.3, 0.4) is 0 Å². The summed E-state index contributed by atoms with van der Waals surface area (Å²) in [7, 11) is 1.86. The molecule has 260 valence electrons. The van der Waals surface area contributed by atoms with Gasteiger partial charge in [0.2, 0.25) is 0 Å². The molecular weight excluding hydrogens is 631 g/mol. The standard InChI is InChI=1S/C37H34FN3O4.C4H11N/c1-3-31-34-30(39-40(31)2)22-44-21-25-12-5-4-11-24(25)20-41-35-28(17-18-29(38)33(34)35)27(36(41)37(42)43)15-9-19-45-32-16-8-13-23-10-6-7-14-26(23)32;1-3-5-4-2/h4-8,10-14,16-18H,3,9,15,19-22H2,1-2H3,(H,42,43);5H,3-4H2,1-2H3. The Morgan fingerprint density at radius 2 is 1.66 bits per heavy atom. The first kappa shape index (κ1) is 34.9. The normalized spacial score (nSPS) is 12.5. The van der Waals surface area contributed by atoms with Crippen LogP contribution in [0.4, 0.5) is 4.39 Å². The van der Waals surface area contributed by atoms with E-state index >= 15 is 4.39 Å². The molecule has 0 bridgehead atoms. The van der Waals surface area contributed by atoms with Crippen LogP contribution in [0.15, 0.2) is 78.9 Å². The smallest absolute Gasteiger partial charge is 0.352 e. The quantitative estimate of drug-likeness (QED) is 0.150. The lowest BCUT2D eigenvalue weighted by Gasteiger charge is -2.15. The summed E-state index contributed by atoms with van der Waals surface area (Å²) in [5, 5.41) is 21.4. The number of halogens is 1. The number of hydrogen-bond donors (Lipinski definition) is 2. The van der Waals surface area contributed by atoms with Gasteiger partial charge in [-0.1, -0.05) is 81.4 Å². The van der Waals surface area contributed by atoms with E-state index in [0.717, 1.165) is 51.8 Å². The van der Waals surface area contributed by atoms with Gasteiger partial charge in [0.25, 0.3) is 0 Å². The number of nitrogens with zero attached hydrogens (tertiary/aromatic N) is 3. The third kappa shape index (κ3) is 6.88. The molecule has 3 heterocycles. The summed E-state index contributed by atoms with van der Waals surface area (Å²) < 4.78 is 32.1. The van der Waals surface area contributed by atoms with E-state index in [0.29, 0.717) is 60.4 Å². The minimum absolute atomic E-state index is 0.167. The van der Waals surface area contributed by atoms with Gasteiger partial charge in [-0.3, -0.25) is 4.68 Å². The molecule has 1 aliphatic rings. The van der Waals surface area contributed by atoms with E-state index in [1.165, 1.54) is 6.07 Å². The van der Waals surface area contributed by atoms with Gasteiger partial charge in [0, 0.05) is 41.2 Å². The maximum Gasteiger partial charge on any atom is 0.352 e. The van der Waals surface area contributed by atoms with Crippen molar-refractivity contribution < 1.29 is 23.8 Å². The van der Waals surface area contributed by atoms with Gasteiger partial charge in [0.15, 0.2) is 0 Å². The van der Waals surface area contributed by atoms with Gasteiger partial charge in [-0.25, -0.2) is 9.18 Å². The van der Waals surface area contributed by atoms with Crippen molar-refractivity contribution in [3.63, 3.8) is 0 Å². The SMILES string of the molecule is CCNCC.CCc1c2c(nn1C)COCc1ccccc1Cn1c(C(=O)O)c(CCCOc3cccc4ccccc34)c3ccc(F)c-2c31. The maximum atomic E-state index is 16.2. The number of carbonyl (C=O) groups is 1. The van der Waals surface area contributed by atoms with E-state index in [1.807, 2.05) is 80.7 Å². The summed E-state index contributed by atoms with van der Waals surface area (Å²) in [6.45, 7) is 9.61. The number of rotatable bonds is 9. The number of benzene rings is 4. The van der Waals surface area contributed by atoms with Crippen LogP contribution in [0.5, 0.6) is 5.75 Å². The number of ether oxygens (including phenoxy) is 2. The van der Waals surface area contributed by atoms with Gasteiger partial charge in [0.05, 0.1) is 31.0 Å². The first-order chi connectivity index (χ1) is 24.4. The van der Waals surface area contributed by atoms with Crippen molar-refractivity contribution in [2.24, 2.45) is 7.05 Å². The van der Waals surface area contributed by atoms with E-state index in [1.54, 1.807) is 15.3 Å². The lowest BCUT2D eigenvalue weighted by atomic mass is 9.96. The van der Waals surface area contributed by atoms with Crippen molar-refractivity contribution in [1.82, 2.24) is 19.7 Å². The second-order valence-corrected chi connectivity index (χ2v) is 12.4. The van der Waals surface area contributed by atoms with Crippen LogP contribution in [0.2, 0.25) is 0 Å². The fourth-order valence-corrected chi connectivity index (χ4v) is 7.08. The first-order valence-electron chi connectivity index (χ1n) is 17.5. The predicted octanol–water partition coefficient (Wildman–Crippen LogP) is 8.30. The summed E-state index contributed by atoms with van der Waals surface area (Å²) in [6, 6.07) is 25.1. The fraction of sp³-hybridized carbons (Fsp3) is 0.317. The highest BCUT2D eigenvalue weighted by atomic mass is 19.1. The predicted molar refractivity (Wildman–Crippen MR) is 196 cm³/mol. The van der Waals surface area contributed by atoms with Crippen molar-refractivity contribution in [3.8, 4) is 16.9 Å². The molecular formula is C41H45FN4O4. The lowest BCUT2D eigenvalue weighted by Crippen LogP contribution is -2.13. The van der Waals surface area contributed by atoms with E-state index in [2.05, 4.69) is 19.2 Å². The number of aryl methyl sites for hydroxylation is 2. The number of fused-ring (bicyclic) bond motifs is 4. The van der Waals surface area contributed by atoms with Crippen LogP contribution in [0, 0.1) is 5.82 Å². The molecule has 0 saturated carbocycles. The Balaban J connectivity index is 0.000000808. The number of carboxylic acid groups (broad SMARTS) is 1. The average Bonchev–Trinajstić information content (AvgIpc) is 3.60.